The second kappa shape index (κ2) is 8.93. The Labute approximate surface area is 157 Å². The van der Waals surface area contributed by atoms with Crippen molar-refractivity contribution in [3.05, 3.63) is 63.7 Å². The summed E-state index contributed by atoms with van der Waals surface area (Å²) in [6, 6.07) is 12.2. The monoisotopic (exact) mass is 371 g/mol. The number of carbonyl (C=O) groups is 1. The molecule has 2 aromatic carbocycles. The van der Waals surface area contributed by atoms with Crippen molar-refractivity contribution in [3.63, 3.8) is 0 Å². The van der Waals surface area contributed by atoms with Crippen LogP contribution in [0.4, 0.5) is 0 Å². The fraction of sp³-hybridized carbons (Fsp3) is 0.200. The smallest absolute Gasteiger partial charge is 0.346 e. The van der Waals surface area contributed by atoms with Crippen LogP contribution in [0.1, 0.15) is 16.7 Å². The zero-order valence-electron chi connectivity index (χ0n) is 14.5. The minimum Gasteiger partial charge on any atom is -0.490 e. The number of carboxylic acids is 1. The average Bonchev–Trinajstić information content (AvgIpc) is 2.62. The van der Waals surface area contributed by atoms with Crippen molar-refractivity contribution in [3.8, 4) is 17.6 Å². The standard InChI is InChI=1S/C20H18ClNO4/c1-13-9-18(10-14(2)19(13)21)26-8-7-25-17-5-3-15(4-6-17)11-16(12-22)20(23)24/h3-6,9-11H,7-8H2,1-2H3,(H,23,24). The van der Waals surface area contributed by atoms with Crippen molar-refractivity contribution < 1.29 is 19.4 Å². The second-order valence-electron chi connectivity index (χ2n) is 5.61. The van der Waals surface area contributed by atoms with Crippen molar-refractivity contribution in [2.75, 3.05) is 13.2 Å². The van der Waals surface area contributed by atoms with E-state index < -0.39 is 5.97 Å². The molecule has 0 aliphatic carbocycles. The summed E-state index contributed by atoms with van der Waals surface area (Å²) in [4.78, 5) is 10.8. The quantitative estimate of drug-likeness (QED) is 0.443. The van der Waals surface area contributed by atoms with E-state index in [0.29, 0.717) is 24.5 Å². The Balaban J connectivity index is 1.87. The Morgan fingerprint density at radius 2 is 1.65 bits per heavy atom. The molecule has 0 amide bonds. The van der Waals surface area contributed by atoms with Crippen LogP contribution in [0.3, 0.4) is 0 Å². The molecule has 2 rings (SSSR count). The highest BCUT2D eigenvalue weighted by molar-refractivity contribution is 6.32. The maximum atomic E-state index is 10.8. The summed E-state index contributed by atoms with van der Waals surface area (Å²) in [6.45, 7) is 4.59. The predicted molar refractivity (Wildman–Crippen MR) is 99.6 cm³/mol. The Bertz CT molecular complexity index is 843. The van der Waals surface area contributed by atoms with E-state index in [0.717, 1.165) is 21.9 Å². The lowest BCUT2D eigenvalue weighted by molar-refractivity contribution is -0.132. The zero-order valence-corrected chi connectivity index (χ0v) is 15.2. The molecule has 0 saturated carbocycles. The van der Waals surface area contributed by atoms with Crippen molar-refractivity contribution in [2.45, 2.75) is 13.8 Å². The molecule has 0 bridgehead atoms. The van der Waals surface area contributed by atoms with E-state index in [-0.39, 0.29) is 5.57 Å². The number of nitriles is 1. The molecule has 0 aliphatic rings. The first kappa shape index (κ1) is 19.4. The number of carboxylic acid groups (broad SMARTS) is 1. The predicted octanol–water partition coefficient (Wildman–Crippen LogP) is 4.41. The van der Waals surface area contributed by atoms with Crippen LogP contribution < -0.4 is 9.47 Å². The number of aliphatic carboxylic acids is 1. The zero-order chi connectivity index (χ0) is 19.1. The van der Waals surface area contributed by atoms with Gasteiger partial charge in [0.2, 0.25) is 0 Å². The van der Waals surface area contributed by atoms with Gasteiger partial charge in [-0.3, -0.25) is 0 Å². The van der Waals surface area contributed by atoms with Crippen LogP contribution in [0.5, 0.6) is 11.5 Å². The van der Waals surface area contributed by atoms with E-state index in [1.54, 1.807) is 30.3 Å². The highest BCUT2D eigenvalue weighted by Gasteiger charge is 2.06. The largest absolute Gasteiger partial charge is 0.490 e. The van der Waals surface area contributed by atoms with Gasteiger partial charge in [-0.25, -0.2) is 4.79 Å². The van der Waals surface area contributed by atoms with E-state index in [9.17, 15) is 4.79 Å². The average molecular weight is 372 g/mol. The molecular formula is C20H18ClNO4. The number of aryl methyl sites for hydroxylation is 2. The Morgan fingerprint density at radius 1 is 1.12 bits per heavy atom. The topological polar surface area (TPSA) is 79.5 Å². The summed E-state index contributed by atoms with van der Waals surface area (Å²) in [5.74, 6) is 0.117. The molecule has 0 aromatic heterocycles. The van der Waals surface area contributed by atoms with E-state index in [1.165, 1.54) is 6.08 Å². The third-order valence-corrected chi connectivity index (χ3v) is 4.17. The van der Waals surface area contributed by atoms with E-state index in [4.69, 9.17) is 31.4 Å². The number of hydrogen-bond acceptors (Lipinski definition) is 4. The molecule has 5 nitrogen and oxygen atoms in total. The van der Waals surface area contributed by atoms with Crippen LogP contribution in [-0.4, -0.2) is 24.3 Å². The van der Waals surface area contributed by atoms with Gasteiger partial charge >= 0.3 is 5.97 Å². The Kier molecular flexibility index (Phi) is 6.65. The molecule has 2 aromatic rings. The summed E-state index contributed by atoms with van der Waals surface area (Å²) in [6.07, 6.45) is 1.31. The third-order valence-electron chi connectivity index (χ3n) is 3.57. The number of halogens is 1. The number of hydrogen-bond donors (Lipinski definition) is 1. The van der Waals surface area contributed by atoms with E-state index in [2.05, 4.69) is 0 Å². The lowest BCUT2D eigenvalue weighted by Gasteiger charge is -2.11. The van der Waals surface area contributed by atoms with Gasteiger partial charge in [-0.15, -0.1) is 0 Å². The van der Waals surface area contributed by atoms with Crippen LogP contribution >= 0.6 is 11.6 Å². The molecule has 26 heavy (non-hydrogen) atoms. The molecular weight excluding hydrogens is 354 g/mol. The van der Waals surface area contributed by atoms with Gasteiger partial charge in [-0.1, -0.05) is 23.7 Å². The molecule has 6 heteroatoms. The maximum Gasteiger partial charge on any atom is 0.346 e. The molecule has 0 aliphatic heterocycles. The van der Waals surface area contributed by atoms with Crippen LogP contribution in [0.15, 0.2) is 42.0 Å². The summed E-state index contributed by atoms with van der Waals surface area (Å²) in [5.41, 5.74) is 2.22. The third kappa shape index (κ3) is 5.27. The first-order valence-corrected chi connectivity index (χ1v) is 8.26. The molecule has 0 spiro atoms. The SMILES string of the molecule is Cc1cc(OCCOc2ccc(C=C(C#N)C(=O)O)cc2)cc(C)c1Cl. The molecule has 0 saturated heterocycles. The van der Waals surface area contributed by atoms with Gasteiger partial charge in [0.05, 0.1) is 0 Å². The molecule has 0 heterocycles. The summed E-state index contributed by atoms with van der Waals surface area (Å²) < 4.78 is 11.3. The van der Waals surface area contributed by atoms with Gasteiger partial charge in [-0.2, -0.15) is 5.26 Å². The van der Waals surface area contributed by atoms with Crippen molar-refractivity contribution in [2.24, 2.45) is 0 Å². The molecule has 0 unspecified atom stereocenters. The lowest BCUT2D eigenvalue weighted by atomic mass is 10.1. The first-order valence-electron chi connectivity index (χ1n) is 7.88. The Hall–Kier alpha value is -2.97. The fourth-order valence-corrected chi connectivity index (χ4v) is 2.39. The summed E-state index contributed by atoms with van der Waals surface area (Å²) in [7, 11) is 0. The van der Waals surface area contributed by atoms with E-state index in [1.807, 2.05) is 26.0 Å². The molecule has 134 valence electrons. The normalized spacial score (nSPS) is 10.9. The molecule has 0 atom stereocenters. The second-order valence-corrected chi connectivity index (χ2v) is 5.99. The maximum absolute atomic E-state index is 10.8. The summed E-state index contributed by atoms with van der Waals surface area (Å²) in [5, 5.41) is 18.3. The lowest BCUT2D eigenvalue weighted by Crippen LogP contribution is -2.09. The van der Waals surface area contributed by atoms with Gasteiger partial charge in [0, 0.05) is 5.02 Å². The fourth-order valence-electron chi connectivity index (χ4n) is 2.28. The van der Waals surface area contributed by atoms with Crippen molar-refractivity contribution >= 4 is 23.6 Å². The minimum absolute atomic E-state index is 0.319. The summed E-state index contributed by atoms with van der Waals surface area (Å²) >= 11 is 6.13. The van der Waals surface area contributed by atoms with Gasteiger partial charge in [-0.05, 0) is 60.9 Å². The van der Waals surface area contributed by atoms with Crippen molar-refractivity contribution in [1.29, 1.82) is 5.26 Å². The number of ether oxygens (including phenoxy) is 2. The number of nitrogens with zero attached hydrogens (tertiary/aromatic N) is 1. The van der Waals surface area contributed by atoms with Crippen LogP contribution in [0.25, 0.3) is 6.08 Å². The van der Waals surface area contributed by atoms with Crippen LogP contribution in [0.2, 0.25) is 5.02 Å². The van der Waals surface area contributed by atoms with Gasteiger partial charge < -0.3 is 14.6 Å². The number of benzene rings is 2. The van der Waals surface area contributed by atoms with Gasteiger partial charge in [0.25, 0.3) is 0 Å². The van der Waals surface area contributed by atoms with Gasteiger partial charge in [0.1, 0.15) is 36.4 Å². The first-order chi connectivity index (χ1) is 12.4. The van der Waals surface area contributed by atoms with E-state index >= 15 is 0 Å². The highest BCUT2D eigenvalue weighted by Crippen LogP contribution is 2.25. The number of rotatable bonds is 7. The van der Waals surface area contributed by atoms with Crippen LogP contribution in [-0.2, 0) is 4.79 Å². The Morgan fingerprint density at radius 3 is 2.15 bits per heavy atom. The van der Waals surface area contributed by atoms with Crippen molar-refractivity contribution in [1.82, 2.24) is 0 Å². The minimum atomic E-state index is -1.25. The van der Waals surface area contributed by atoms with Crippen LogP contribution in [0, 0.1) is 25.2 Å². The highest BCUT2D eigenvalue weighted by atomic mass is 35.5. The molecule has 0 fully saturated rings. The van der Waals surface area contributed by atoms with Gasteiger partial charge in [0.15, 0.2) is 0 Å². The molecule has 0 radical (unpaired) electrons. The molecule has 1 N–H and O–H groups in total.